The van der Waals surface area contributed by atoms with E-state index < -0.39 is 0 Å². The summed E-state index contributed by atoms with van der Waals surface area (Å²) >= 11 is 0. The maximum absolute atomic E-state index is 9.65. The molecule has 90 valence electrons. The van der Waals surface area contributed by atoms with E-state index in [1.807, 2.05) is 19.2 Å². The molecular formula is C13H22N2O. The summed E-state index contributed by atoms with van der Waals surface area (Å²) in [6.07, 6.45) is 0.344. The van der Waals surface area contributed by atoms with Crippen LogP contribution >= 0.6 is 0 Å². The fourth-order valence-electron chi connectivity index (χ4n) is 1.79. The van der Waals surface area contributed by atoms with E-state index in [2.05, 4.69) is 24.0 Å². The first kappa shape index (κ1) is 13.2. The van der Waals surface area contributed by atoms with Crippen LogP contribution in [0.2, 0.25) is 0 Å². The van der Waals surface area contributed by atoms with Crippen LogP contribution in [0.5, 0.6) is 0 Å². The van der Waals surface area contributed by atoms with Crippen LogP contribution in [-0.2, 0) is 6.54 Å². The Labute approximate surface area is 97.9 Å². The Kier molecular flexibility index (Phi) is 5.46. The highest BCUT2D eigenvalue weighted by Crippen LogP contribution is 2.09. The zero-order valence-electron chi connectivity index (χ0n) is 10.2. The largest absolute Gasteiger partial charge is 0.392 e. The molecule has 0 heterocycles. The number of aliphatic hydroxyl groups excluding tert-OH is 1. The number of aliphatic hydroxyl groups is 1. The third-order valence-electron chi connectivity index (χ3n) is 2.72. The first-order valence-electron chi connectivity index (χ1n) is 5.74. The molecule has 1 unspecified atom stereocenters. The number of hydrogen-bond donors (Lipinski definition) is 2. The number of aryl methyl sites for hydroxylation is 1. The molecule has 0 saturated carbocycles. The van der Waals surface area contributed by atoms with Crippen molar-refractivity contribution in [1.82, 2.24) is 4.90 Å². The summed E-state index contributed by atoms with van der Waals surface area (Å²) < 4.78 is 0. The SMILES string of the molecule is Cc1ccccc1CN(C)CC(O)CCN. The van der Waals surface area contributed by atoms with Gasteiger partial charge in [-0.05, 0) is 38.1 Å². The Bertz CT molecular complexity index is 315. The predicted octanol–water partition coefficient (Wildman–Crippen LogP) is 1.14. The smallest absolute Gasteiger partial charge is 0.0679 e. The molecule has 3 N–H and O–H groups in total. The van der Waals surface area contributed by atoms with E-state index in [1.54, 1.807) is 0 Å². The third kappa shape index (κ3) is 4.31. The molecule has 0 aromatic heterocycles. The van der Waals surface area contributed by atoms with Gasteiger partial charge in [0.05, 0.1) is 6.10 Å². The molecule has 0 aliphatic carbocycles. The van der Waals surface area contributed by atoms with Crippen LogP contribution in [0.25, 0.3) is 0 Å². The van der Waals surface area contributed by atoms with Crippen molar-refractivity contribution in [2.24, 2.45) is 5.73 Å². The molecule has 16 heavy (non-hydrogen) atoms. The topological polar surface area (TPSA) is 49.5 Å². The lowest BCUT2D eigenvalue weighted by Gasteiger charge is -2.21. The second-order valence-electron chi connectivity index (χ2n) is 4.35. The molecule has 1 atom stereocenters. The molecule has 1 aromatic rings. The number of nitrogens with zero attached hydrogens (tertiary/aromatic N) is 1. The first-order chi connectivity index (χ1) is 7.63. The summed E-state index contributed by atoms with van der Waals surface area (Å²) in [5, 5.41) is 9.65. The Morgan fingerprint density at radius 2 is 2.06 bits per heavy atom. The van der Waals surface area contributed by atoms with Crippen LogP contribution in [-0.4, -0.2) is 36.2 Å². The molecule has 1 rings (SSSR count). The summed E-state index contributed by atoms with van der Waals surface area (Å²) in [7, 11) is 2.02. The van der Waals surface area contributed by atoms with Gasteiger partial charge in [0.25, 0.3) is 0 Å². The Hall–Kier alpha value is -0.900. The van der Waals surface area contributed by atoms with Crippen molar-refractivity contribution in [1.29, 1.82) is 0 Å². The molecule has 0 bridgehead atoms. The fraction of sp³-hybridized carbons (Fsp3) is 0.538. The second-order valence-corrected chi connectivity index (χ2v) is 4.35. The number of benzene rings is 1. The van der Waals surface area contributed by atoms with Gasteiger partial charge in [0, 0.05) is 13.1 Å². The van der Waals surface area contributed by atoms with E-state index >= 15 is 0 Å². The molecular weight excluding hydrogens is 200 g/mol. The predicted molar refractivity (Wildman–Crippen MR) is 67.2 cm³/mol. The average molecular weight is 222 g/mol. The van der Waals surface area contributed by atoms with E-state index in [9.17, 15) is 5.11 Å². The van der Waals surface area contributed by atoms with Gasteiger partial charge < -0.3 is 10.8 Å². The van der Waals surface area contributed by atoms with Gasteiger partial charge in [-0.2, -0.15) is 0 Å². The minimum absolute atomic E-state index is 0.320. The summed E-state index contributed by atoms with van der Waals surface area (Å²) in [5.74, 6) is 0. The van der Waals surface area contributed by atoms with E-state index in [-0.39, 0.29) is 6.10 Å². The minimum Gasteiger partial charge on any atom is -0.392 e. The van der Waals surface area contributed by atoms with Crippen molar-refractivity contribution in [2.75, 3.05) is 20.1 Å². The lowest BCUT2D eigenvalue weighted by Crippen LogP contribution is -2.30. The normalized spacial score (nSPS) is 13.1. The van der Waals surface area contributed by atoms with E-state index in [4.69, 9.17) is 5.73 Å². The van der Waals surface area contributed by atoms with Gasteiger partial charge in [-0.3, -0.25) is 4.90 Å². The molecule has 0 fully saturated rings. The Balaban J connectivity index is 2.45. The van der Waals surface area contributed by atoms with Gasteiger partial charge in [0.15, 0.2) is 0 Å². The van der Waals surface area contributed by atoms with Gasteiger partial charge in [0.1, 0.15) is 0 Å². The van der Waals surface area contributed by atoms with Crippen molar-refractivity contribution in [3.05, 3.63) is 35.4 Å². The highest BCUT2D eigenvalue weighted by molar-refractivity contribution is 5.25. The quantitative estimate of drug-likeness (QED) is 0.759. The number of likely N-dealkylation sites (N-methyl/N-ethyl adjacent to an activating group) is 1. The Morgan fingerprint density at radius 1 is 1.38 bits per heavy atom. The van der Waals surface area contributed by atoms with Crippen molar-refractivity contribution >= 4 is 0 Å². The Morgan fingerprint density at radius 3 is 2.69 bits per heavy atom. The highest BCUT2D eigenvalue weighted by Gasteiger charge is 2.08. The van der Waals surface area contributed by atoms with Gasteiger partial charge in [-0.1, -0.05) is 24.3 Å². The monoisotopic (exact) mass is 222 g/mol. The van der Waals surface area contributed by atoms with Gasteiger partial charge in [0.2, 0.25) is 0 Å². The standard InChI is InChI=1S/C13H22N2O/c1-11-5-3-4-6-12(11)9-15(2)10-13(16)7-8-14/h3-6,13,16H,7-10,14H2,1-2H3. The lowest BCUT2D eigenvalue weighted by atomic mass is 10.1. The van der Waals surface area contributed by atoms with Crippen molar-refractivity contribution in [2.45, 2.75) is 26.0 Å². The number of nitrogens with two attached hydrogens (primary N) is 1. The molecule has 0 radical (unpaired) electrons. The molecule has 0 aliphatic heterocycles. The number of rotatable bonds is 6. The zero-order valence-corrected chi connectivity index (χ0v) is 10.2. The van der Waals surface area contributed by atoms with Gasteiger partial charge in [-0.15, -0.1) is 0 Å². The van der Waals surface area contributed by atoms with Crippen molar-refractivity contribution in [3.8, 4) is 0 Å². The number of hydrogen-bond acceptors (Lipinski definition) is 3. The summed E-state index contributed by atoms with van der Waals surface area (Å²) in [4.78, 5) is 2.13. The van der Waals surface area contributed by atoms with Gasteiger partial charge >= 0.3 is 0 Å². The first-order valence-corrected chi connectivity index (χ1v) is 5.74. The van der Waals surface area contributed by atoms with Crippen LogP contribution in [0, 0.1) is 6.92 Å². The summed E-state index contributed by atoms with van der Waals surface area (Å²) in [6, 6.07) is 8.33. The second kappa shape index (κ2) is 6.63. The molecule has 0 amide bonds. The maximum Gasteiger partial charge on any atom is 0.0679 e. The zero-order chi connectivity index (χ0) is 12.0. The minimum atomic E-state index is -0.320. The molecule has 0 aliphatic rings. The lowest BCUT2D eigenvalue weighted by molar-refractivity contribution is 0.117. The molecule has 3 heteroatoms. The molecule has 3 nitrogen and oxygen atoms in total. The summed E-state index contributed by atoms with van der Waals surface area (Å²) in [5.41, 5.74) is 8.01. The highest BCUT2D eigenvalue weighted by atomic mass is 16.3. The van der Waals surface area contributed by atoms with E-state index in [0.29, 0.717) is 19.5 Å². The van der Waals surface area contributed by atoms with Crippen LogP contribution in [0.4, 0.5) is 0 Å². The molecule has 1 aromatic carbocycles. The van der Waals surface area contributed by atoms with E-state index in [0.717, 1.165) is 6.54 Å². The van der Waals surface area contributed by atoms with Gasteiger partial charge in [-0.25, -0.2) is 0 Å². The van der Waals surface area contributed by atoms with Crippen LogP contribution < -0.4 is 5.73 Å². The van der Waals surface area contributed by atoms with Crippen LogP contribution in [0.15, 0.2) is 24.3 Å². The molecule has 0 spiro atoms. The maximum atomic E-state index is 9.65. The molecule has 0 saturated heterocycles. The van der Waals surface area contributed by atoms with Crippen LogP contribution in [0.3, 0.4) is 0 Å². The van der Waals surface area contributed by atoms with Crippen molar-refractivity contribution in [3.63, 3.8) is 0 Å². The van der Waals surface area contributed by atoms with Crippen molar-refractivity contribution < 1.29 is 5.11 Å². The fourth-order valence-corrected chi connectivity index (χ4v) is 1.79. The average Bonchev–Trinajstić information content (AvgIpc) is 2.21. The summed E-state index contributed by atoms with van der Waals surface area (Å²) in [6.45, 7) is 4.19. The van der Waals surface area contributed by atoms with E-state index in [1.165, 1.54) is 11.1 Å². The third-order valence-corrected chi connectivity index (χ3v) is 2.72. The van der Waals surface area contributed by atoms with Crippen LogP contribution in [0.1, 0.15) is 17.5 Å².